The number of hydrogen-bond acceptors (Lipinski definition) is 3. The van der Waals surface area contributed by atoms with Crippen LogP contribution in [-0.4, -0.2) is 57.9 Å². The Morgan fingerprint density at radius 1 is 0.781 bits per heavy atom. The van der Waals surface area contributed by atoms with Crippen molar-refractivity contribution in [2.45, 2.75) is 91.6 Å². The maximum Gasteiger partial charge on any atom is 0.486 e. The van der Waals surface area contributed by atoms with Crippen molar-refractivity contribution in [3.05, 3.63) is 0 Å². The van der Waals surface area contributed by atoms with Crippen LogP contribution in [0.4, 0.5) is 39.5 Å². The summed E-state index contributed by atoms with van der Waals surface area (Å²) in [5.41, 5.74) is 0. The van der Waals surface area contributed by atoms with E-state index in [4.69, 9.17) is 0 Å². The Morgan fingerprint density at radius 3 is 1.75 bits per heavy atom. The first-order chi connectivity index (χ1) is 14.3. The standard InChI is InChI=1S/C17H23F9O4S2/c1-31(11-7-3-2-4-8-11,13-10-6-5-9-12(13)27)30-32(28,29)17(25,26)15(20,21)14(18,19)16(22,23)24/h11,13H,2-10H2,1H3/p+1. The number of Topliss-reactive ketones (excluding diaryl/α,β-unsaturated/α-hetero) is 1. The minimum Gasteiger partial charge on any atom is -0.298 e. The van der Waals surface area contributed by atoms with Gasteiger partial charge in [-0.05, 0) is 36.0 Å². The van der Waals surface area contributed by atoms with Crippen molar-refractivity contribution < 1.29 is 56.4 Å². The fourth-order valence-corrected chi connectivity index (χ4v) is 10.6. The average molecular weight is 527 g/mol. The Kier molecular flexibility index (Phi) is 7.59. The molecule has 0 aliphatic heterocycles. The molecule has 0 spiro atoms. The third kappa shape index (κ3) is 4.49. The quantitative estimate of drug-likeness (QED) is 0.231. The highest BCUT2D eigenvalue weighted by Crippen LogP contribution is 2.63. The molecule has 32 heavy (non-hydrogen) atoms. The first kappa shape index (κ1) is 27.5. The van der Waals surface area contributed by atoms with Gasteiger partial charge in [-0.2, -0.15) is 39.5 Å². The molecule has 190 valence electrons. The molecule has 4 nitrogen and oxygen atoms in total. The molecule has 0 radical (unpaired) electrons. The molecule has 0 aromatic carbocycles. The highest BCUT2D eigenvalue weighted by Gasteiger charge is 2.88. The van der Waals surface area contributed by atoms with Gasteiger partial charge in [0.25, 0.3) is 0 Å². The number of carbonyl (C=O) groups excluding carboxylic acids is 1. The Hall–Kier alpha value is -0.700. The summed E-state index contributed by atoms with van der Waals surface area (Å²) in [4.78, 5) is 12.5. The molecule has 0 aromatic rings. The van der Waals surface area contributed by atoms with Gasteiger partial charge in [-0.1, -0.05) is 25.7 Å². The SMILES string of the molecule is CS([OH+]S(=O)(=O)C(F)(F)C(F)(F)C(F)(F)C(F)(F)F)(C1CCCCC1)C1CCCCC1=O. The summed E-state index contributed by atoms with van der Waals surface area (Å²) in [5, 5.41) is -8.79. The van der Waals surface area contributed by atoms with E-state index < -0.39 is 60.0 Å². The lowest BCUT2D eigenvalue weighted by Crippen LogP contribution is -2.64. The van der Waals surface area contributed by atoms with Gasteiger partial charge in [0.05, 0.1) is 5.25 Å². The van der Waals surface area contributed by atoms with Crippen LogP contribution < -0.4 is 0 Å². The second kappa shape index (κ2) is 8.82. The van der Waals surface area contributed by atoms with Crippen molar-refractivity contribution in [1.29, 1.82) is 0 Å². The molecule has 2 aliphatic carbocycles. The van der Waals surface area contributed by atoms with Crippen LogP contribution in [0.2, 0.25) is 0 Å². The Bertz CT molecular complexity index is 807. The highest BCUT2D eigenvalue weighted by molar-refractivity contribution is 8.33. The minimum atomic E-state index is -7.34. The van der Waals surface area contributed by atoms with E-state index in [0.717, 1.165) is 6.26 Å². The lowest BCUT2D eigenvalue weighted by molar-refractivity contribution is -0.382. The van der Waals surface area contributed by atoms with Crippen LogP contribution in [0.15, 0.2) is 0 Å². The van der Waals surface area contributed by atoms with E-state index >= 15 is 0 Å². The van der Waals surface area contributed by atoms with Crippen LogP contribution in [-0.2, 0) is 14.9 Å². The van der Waals surface area contributed by atoms with Crippen LogP contribution in [0.25, 0.3) is 0 Å². The van der Waals surface area contributed by atoms with Crippen molar-refractivity contribution in [2.75, 3.05) is 6.26 Å². The fraction of sp³-hybridized carbons (Fsp3) is 0.941. The second-order valence-corrected chi connectivity index (χ2v) is 13.5. The maximum absolute atomic E-state index is 14.3. The van der Waals surface area contributed by atoms with Gasteiger partial charge in [0.1, 0.15) is 5.25 Å². The topological polar surface area (TPSA) is 64.0 Å². The van der Waals surface area contributed by atoms with Gasteiger partial charge >= 0.3 is 33.4 Å². The van der Waals surface area contributed by atoms with Crippen LogP contribution in [0.3, 0.4) is 0 Å². The summed E-state index contributed by atoms with van der Waals surface area (Å²) in [7, 11) is -10.2. The number of ketones is 1. The van der Waals surface area contributed by atoms with E-state index in [1.807, 2.05) is 0 Å². The van der Waals surface area contributed by atoms with Crippen LogP contribution >= 0.6 is 10.3 Å². The number of halogens is 9. The molecule has 0 heterocycles. The molecule has 2 fully saturated rings. The number of rotatable bonds is 7. The monoisotopic (exact) mass is 527 g/mol. The molecule has 2 unspecified atom stereocenters. The summed E-state index contributed by atoms with van der Waals surface area (Å²) in [6.45, 7) is 0. The summed E-state index contributed by atoms with van der Waals surface area (Å²) in [6.07, 6.45) is -2.96. The van der Waals surface area contributed by atoms with Gasteiger partial charge < -0.3 is 0 Å². The van der Waals surface area contributed by atoms with Crippen molar-refractivity contribution >= 4 is 26.2 Å². The van der Waals surface area contributed by atoms with E-state index in [2.05, 4.69) is 3.63 Å². The van der Waals surface area contributed by atoms with Crippen molar-refractivity contribution in [1.82, 2.24) is 0 Å². The lowest BCUT2D eigenvalue weighted by Gasteiger charge is -2.45. The van der Waals surface area contributed by atoms with E-state index in [0.29, 0.717) is 32.1 Å². The third-order valence-electron chi connectivity index (χ3n) is 6.00. The Morgan fingerprint density at radius 2 is 1.28 bits per heavy atom. The van der Waals surface area contributed by atoms with Gasteiger partial charge in [0.2, 0.25) is 0 Å². The zero-order valence-electron chi connectivity index (χ0n) is 16.9. The smallest absolute Gasteiger partial charge is 0.298 e. The molecule has 2 saturated carbocycles. The zero-order valence-corrected chi connectivity index (χ0v) is 18.5. The fourth-order valence-electron chi connectivity index (χ4n) is 4.12. The third-order valence-corrected chi connectivity index (χ3v) is 12.4. The van der Waals surface area contributed by atoms with Crippen LogP contribution in [0.1, 0.15) is 57.8 Å². The molecule has 0 aromatic heterocycles. The molecule has 0 amide bonds. The predicted octanol–water partition coefficient (Wildman–Crippen LogP) is 6.03. The van der Waals surface area contributed by atoms with Gasteiger partial charge in [-0.25, -0.2) is 0 Å². The summed E-state index contributed by atoms with van der Waals surface area (Å²) >= 11 is 0. The van der Waals surface area contributed by atoms with Crippen LogP contribution in [0, 0.1) is 0 Å². The predicted molar refractivity (Wildman–Crippen MR) is 100 cm³/mol. The lowest BCUT2D eigenvalue weighted by atomic mass is 9.99. The van der Waals surface area contributed by atoms with E-state index in [9.17, 15) is 52.7 Å². The first-order valence-electron chi connectivity index (χ1n) is 9.80. The van der Waals surface area contributed by atoms with Crippen molar-refractivity contribution in [2.24, 2.45) is 0 Å². The van der Waals surface area contributed by atoms with E-state index in [1.165, 1.54) is 0 Å². The molecular weight excluding hydrogens is 503 g/mol. The second-order valence-electron chi connectivity index (χ2n) is 8.17. The van der Waals surface area contributed by atoms with Gasteiger partial charge in [-0.15, -0.1) is 8.42 Å². The largest absolute Gasteiger partial charge is 0.486 e. The number of carbonyl (C=O) groups is 1. The minimum absolute atomic E-state index is 0.0196. The first-order valence-corrected chi connectivity index (χ1v) is 13.4. The Balaban J connectivity index is 2.52. The summed E-state index contributed by atoms with van der Waals surface area (Å²) in [6, 6.07) is 0. The molecule has 15 heteroatoms. The van der Waals surface area contributed by atoms with Gasteiger partial charge in [0, 0.05) is 12.7 Å². The molecule has 0 bridgehead atoms. The van der Waals surface area contributed by atoms with Gasteiger partial charge in [0.15, 0.2) is 5.78 Å². The van der Waals surface area contributed by atoms with Crippen molar-refractivity contribution in [3.8, 4) is 0 Å². The summed E-state index contributed by atoms with van der Waals surface area (Å²) in [5.74, 6) is -15.2. The molecular formula is C17H24F9O4S2+. The van der Waals surface area contributed by atoms with Gasteiger partial charge in [-0.3, -0.25) is 8.42 Å². The average Bonchev–Trinajstić information content (AvgIpc) is 2.67. The molecule has 2 rings (SSSR count). The number of hydrogen-bond donors (Lipinski definition) is 0. The highest BCUT2D eigenvalue weighted by atomic mass is 32.3. The van der Waals surface area contributed by atoms with Crippen molar-refractivity contribution in [3.63, 3.8) is 0 Å². The normalized spacial score (nSPS) is 25.9. The molecule has 0 saturated heterocycles. The van der Waals surface area contributed by atoms with E-state index in [1.54, 1.807) is 0 Å². The maximum atomic E-state index is 14.3. The molecule has 2 aliphatic rings. The zero-order chi connectivity index (χ0) is 24.8. The van der Waals surface area contributed by atoms with E-state index in [-0.39, 0.29) is 25.7 Å². The summed E-state index contributed by atoms with van der Waals surface area (Å²) < 4.78 is 147. The molecule has 1 N–H and O–H groups in total. The Labute approximate surface area is 180 Å². The number of alkyl halides is 9. The molecule has 2 atom stereocenters. The van der Waals surface area contributed by atoms with Crippen LogP contribution in [0.5, 0.6) is 0 Å².